The van der Waals surface area contributed by atoms with E-state index in [0.717, 1.165) is 35.7 Å². The number of H-pyrrole nitrogens is 1. The molecule has 0 aromatic carbocycles. The molecule has 2 heterocycles. The van der Waals surface area contributed by atoms with Gasteiger partial charge in [-0.15, -0.1) is 0 Å². The van der Waals surface area contributed by atoms with E-state index in [0.29, 0.717) is 17.4 Å². The van der Waals surface area contributed by atoms with Crippen molar-refractivity contribution in [2.24, 2.45) is 18.9 Å². The van der Waals surface area contributed by atoms with Crippen molar-refractivity contribution in [1.82, 2.24) is 15.3 Å². The Kier molecular flexibility index (Phi) is 4.96. The number of fused-ring (bicyclic) bond motifs is 1. The number of hydrogen-bond acceptors (Lipinski definition) is 2. The molecule has 2 saturated carbocycles. The van der Waals surface area contributed by atoms with Gasteiger partial charge in [-0.25, -0.2) is 14.5 Å². The molecular formula is C21H31N4O+. The summed E-state index contributed by atoms with van der Waals surface area (Å²) >= 11 is 0. The molecule has 2 aliphatic rings. The van der Waals surface area contributed by atoms with Gasteiger partial charge in [-0.3, -0.25) is 4.79 Å². The molecule has 2 N–H and O–H groups in total. The zero-order valence-corrected chi connectivity index (χ0v) is 16.1. The third kappa shape index (κ3) is 3.49. The molecule has 0 aliphatic heterocycles. The minimum Gasteiger partial charge on any atom is -0.352 e. The van der Waals surface area contributed by atoms with Crippen LogP contribution in [-0.2, 0) is 7.05 Å². The van der Waals surface area contributed by atoms with Crippen LogP contribution in [0.25, 0.3) is 11.2 Å². The van der Waals surface area contributed by atoms with Crippen molar-refractivity contribution in [3.63, 3.8) is 0 Å². The molecule has 2 fully saturated rings. The lowest BCUT2D eigenvalue weighted by atomic mass is 9.79. The van der Waals surface area contributed by atoms with Crippen LogP contribution in [-0.4, -0.2) is 22.4 Å². The normalized spacial score (nSPS) is 19.6. The van der Waals surface area contributed by atoms with Crippen LogP contribution in [0.2, 0.25) is 0 Å². The Labute approximate surface area is 155 Å². The predicted octanol–water partition coefficient (Wildman–Crippen LogP) is 3.60. The monoisotopic (exact) mass is 355 g/mol. The van der Waals surface area contributed by atoms with Gasteiger partial charge in [0, 0.05) is 12.5 Å². The summed E-state index contributed by atoms with van der Waals surface area (Å²) in [6.07, 6.45) is 14.2. The number of hydrogen-bond donors (Lipinski definition) is 2. The number of amides is 1. The van der Waals surface area contributed by atoms with Crippen LogP contribution < -0.4 is 9.88 Å². The minimum absolute atomic E-state index is 0.00552. The van der Waals surface area contributed by atoms with Crippen molar-refractivity contribution in [2.75, 3.05) is 6.54 Å². The van der Waals surface area contributed by atoms with E-state index in [1.54, 1.807) is 0 Å². The van der Waals surface area contributed by atoms with Gasteiger partial charge in [0.2, 0.25) is 0 Å². The van der Waals surface area contributed by atoms with Gasteiger partial charge in [0.15, 0.2) is 5.52 Å². The second-order valence-electron chi connectivity index (χ2n) is 8.23. The molecule has 140 valence electrons. The number of aryl methyl sites for hydroxylation is 1. The molecule has 1 atom stereocenters. The van der Waals surface area contributed by atoms with Crippen molar-refractivity contribution in [3.8, 4) is 0 Å². The van der Waals surface area contributed by atoms with Crippen LogP contribution >= 0.6 is 0 Å². The summed E-state index contributed by atoms with van der Waals surface area (Å²) in [7, 11) is 2.02. The van der Waals surface area contributed by atoms with Crippen LogP contribution in [0.4, 0.5) is 0 Å². The number of carbonyl (C=O) groups excluding carboxylic acids is 1. The van der Waals surface area contributed by atoms with Gasteiger partial charge in [-0.1, -0.05) is 45.4 Å². The highest BCUT2D eigenvalue weighted by molar-refractivity contribution is 6.03. The highest BCUT2D eigenvalue weighted by Gasteiger charge is 2.29. The second kappa shape index (κ2) is 7.37. The summed E-state index contributed by atoms with van der Waals surface area (Å²) < 4.78 is 2.06. The Hall–Kier alpha value is -1.91. The van der Waals surface area contributed by atoms with E-state index in [2.05, 4.69) is 28.0 Å². The molecule has 0 bridgehead atoms. The number of carbonyl (C=O) groups is 1. The Morgan fingerprint density at radius 2 is 2.08 bits per heavy atom. The highest BCUT2D eigenvalue weighted by Crippen LogP contribution is 2.39. The first-order valence-corrected chi connectivity index (χ1v) is 10.3. The molecule has 2 aromatic rings. The van der Waals surface area contributed by atoms with E-state index >= 15 is 0 Å². The molecule has 5 heteroatoms. The maximum absolute atomic E-state index is 12.9. The summed E-state index contributed by atoms with van der Waals surface area (Å²) in [5.41, 5.74) is 3.51. The maximum atomic E-state index is 12.9. The van der Waals surface area contributed by atoms with Gasteiger partial charge in [0.05, 0.1) is 12.7 Å². The van der Waals surface area contributed by atoms with Crippen LogP contribution in [0.3, 0.4) is 0 Å². The van der Waals surface area contributed by atoms with Crippen molar-refractivity contribution in [2.45, 2.75) is 64.2 Å². The van der Waals surface area contributed by atoms with E-state index in [1.807, 2.05) is 13.2 Å². The first kappa shape index (κ1) is 17.5. The third-order valence-corrected chi connectivity index (χ3v) is 6.36. The average Bonchev–Trinajstić information content (AvgIpc) is 3.42. The fraction of sp³-hybridized carbons (Fsp3) is 0.667. The highest BCUT2D eigenvalue weighted by atomic mass is 16.1. The van der Waals surface area contributed by atoms with Gasteiger partial charge >= 0.3 is 5.65 Å². The van der Waals surface area contributed by atoms with Crippen molar-refractivity contribution >= 4 is 17.1 Å². The maximum Gasteiger partial charge on any atom is 0.306 e. The topological polar surface area (TPSA) is 61.7 Å². The lowest BCUT2D eigenvalue weighted by Crippen LogP contribution is -2.33. The Morgan fingerprint density at radius 1 is 1.31 bits per heavy atom. The van der Waals surface area contributed by atoms with Crippen molar-refractivity contribution < 1.29 is 9.36 Å². The van der Waals surface area contributed by atoms with Gasteiger partial charge in [-0.05, 0) is 24.7 Å². The minimum atomic E-state index is 0.00552. The fourth-order valence-corrected chi connectivity index (χ4v) is 4.53. The SMILES string of the molecule is CCC(CNC(=O)c1c[nH]c2c1nc(C1CC1)c[n+]2C)C1CCCCC1. The smallest absolute Gasteiger partial charge is 0.306 e. The quantitative estimate of drug-likeness (QED) is 0.778. The summed E-state index contributed by atoms with van der Waals surface area (Å²) in [6, 6.07) is 0. The van der Waals surface area contributed by atoms with E-state index in [9.17, 15) is 4.79 Å². The van der Waals surface area contributed by atoms with E-state index in [4.69, 9.17) is 4.98 Å². The largest absolute Gasteiger partial charge is 0.352 e. The predicted molar refractivity (Wildman–Crippen MR) is 102 cm³/mol. The van der Waals surface area contributed by atoms with Gasteiger partial charge in [-0.2, -0.15) is 0 Å². The molecule has 5 nitrogen and oxygen atoms in total. The Balaban J connectivity index is 1.49. The van der Waals surface area contributed by atoms with Crippen LogP contribution in [0, 0.1) is 11.8 Å². The fourth-order valence-electron chi connectivity index (χ4n) is 4.53. The number of nitrogens with zero attached hydrogens (tertiary/aromatic N) is 2. The zero-order chi connectivity index (χ0) is 18.1. The molecular weight excluding hydrogens is 324 g/mol. The summed E-state index contributed by atoms with van der Waals surface area (Å²) in [5, 5.41) is 3.20. The van der Waals surface area contributed by atoms with Crippen molar-refractivity contribution in [3.05, 3.63) is 23.7 Å². The Morgan fingerprint density at radius 3 is 2.77 bits per heavy atom. The van der Waals surface area contributed by atoms with Crippen LogP contribution in [0.15, 0.2) is 12.4 Å². The molecule has 2 aromatic heterocycles. The van der Waals surface area contributed by atoms with E-state index in [1.165, 1.54) is 44.9 Å². The zero-order valence-electron chi connectivity index (χ0n) is 16.1. The molecule has 1 unspecified atom stereocenters. The van der Waals surface area contributed by atoms with E-state index < -0.39 is 0 Å². The molecule has 0 spiro atoms. The summed E-state index contributed by atoms with van der Waals surface area (Å²) in [5.74, 6) is 1.95. The molecule has 2 aliphatic carbocycles. The molecule has 4 rings (SSSR count). The molecule has 1 amide bonds. The molecule has 0 saturated heterocycles. The lowest BCUT2D eigenvalue weighted by molar-refractivity contribution is -0.647. The molecule has 26 heavy (non-hydrogen) atoms. The van der Waals surface area contributed by atoms with E-state index in [-0.39, 0.29) is 5.91 Å². The third-order valence-electron chi connectivity index (χ3n) is 6.36. The van der Waals surface area contributed by atoms with Crippen LogP contribution in [0.5, 0.6) is 0 Å². The van der Waals surface area contributed by atoms with Gasteiger partial charge < -0.3 is 5.32 Å². The van der Waals surface area contributed by atoms with Crippen molar-refractivity contribution in [1.29, 1.82) is 0 Å². The summed E-state index contributed by atoms with van der Waals surface area (Å²) in [6.45, 7) is 3.03. The average molecular weight is 356 g/mol. The van der Waals surface area contributed by atoms with Gasteiger partial charge in [0.1, 0.15) is 18.0 Å². The first-order chi connectivity index (χ1) is 12.7. The van der Waals surface area contributed by atoms with Crippen LogP contribution in [0.1, 0.15) is 80.3 Å². The lowest BCUT2D eigenvalue weighted by Gasteiger charge is -2.29. The second-order valence-corrected chi connectivity index (χ2v) is 8.23. The number of aromatic nitrogens is 3. The molecule has 0 radical (unpaired) electrons. The standard InChI is InChI=1S/C21H30N4O/c1-3-14(15-7-5-4-6-8-15)11-23-21(26)17-12-22-20-19(17)24-18(13-25(20)2)16-9-10-16/h12-16H,3-11H2,1-2H3,(H,23,26)/p+1. The summed E-state index contributed by atoms with van der Waals surface area (Å²) in [4.78, 5) is 20.9. The first-order valence-electron chi connectivity index (χ1n) is 10.3. The van der Waals surface area contributed by atoms with Gasteiger partial charge in [0.25, 0.3) is 5.91 Å². The number of aromatic amines is 1. The Bertz CT molecular complexity index is 787. The number of nitrogens with one attached hydrogen (secondary N) is 2. The number of rotatable bonds is 6.